The number of nitrogens with two attached hydrogens (primary N) is 1. The van der Waals surface area contributed by atoms with Gasteiger partial charge in [-0.3, -0.25) is 14.7 Å². The van der Waals surface area contributed by atoms with Gasteiger partial charge in [0.2, 0.25) is 5.91 Å². The Balaban J connectivity index is 1.66. The molecule has 150 valence electrons. The molecule has 0 fully saturated rings. The Morgan fingerprint density at radius 2 is 1.83 bits per heavy atom. The molecule has 0 unspecified atom stereocenters. The fourth-order valence-electron chi connectivity index (χ4n) is 3.10. The molecule has 4 aromatic rings. The van der Waals surface area contributed by atoms with E-state index >= 15 is 0 Å². The molecular formula is C22H19N5O3. The van der Waals surface area contributed by atoms with Crippen molar-refractivity contribution in [3.05, 3.63) is 84.7 Å². The number of benzene rings is 2. The number of ether oxygens (including phenoxy) is 1. The van der Waals surface area contributed by atoms with Crippen molar-refractivity contribution in [3.8, 4) is 22.8 Å². The summed E-state index contributed by atoms with van der Waals surface area (Å²) in [5, 5.41) is 5.84. The van der Waals surface area contributed by atoms with Crippen LogP contribution in [0.3, 0.4) is 0 Å². The highest BCUT2D eigenvalue weighted by Gasteiger charge is 2.21. The highest BCUT2D eigenvalue weighted by molar-refractivity contribution is 6.04. The lowest BCUT2D eigenvalue weighted by Crippen LogP contribution is -2.20. The van der Waals surface area contributed by atoms with Crippen LogP contribution in [-0.4, -0.2) is 26.4 Å². The monoisotopic (exact) mass is 401 g/mol. The van der Waals surface area contributed by atoms with Gasteiger partial charge in [-0.15, -0.1) is 0 Å². The number of aromatic amines is 1. The summed E-state index contributed by atoms with van der Waals surface area (Å²) in [5.74, 6) is 0.483. The second-order valence-corrected chi connectivity index (χ2v) is 6.50. The lowest BCUT2D eigenvalue weighted by atomic mass is 10.1. The maximum absolute atomic E-state index is 12.1. The average Bonchev–Trinajstić information content (AvgIpc) is 3.32. The van der Waals surface area contributed by atoms with E-state index in [4.69, 9.17) is 10.5 Å². The van der Waals surface area contributed by atoms with Crippen LogP contribution in [0.1, 0.15) is 16.1 Å². The summed E-state index contributed by atoms with van der Waals surface area (Å²) in [6, 6.07) is 16.7. The summed E-state index contributed by atoms with van der Waals surface area (Å²) < 4.78 is 7.44. The molecule has 0 aliphatic carbocycles. The molecule has 0 aliphatic heterocycles. The number of hydrogen-bond acceptors (Lipinski definition) is 4. The number of H-pyrrole nitrogens is 1. The van der Waals surface area contributed by atoms with E-state index in [1.54, 1.807) is 10.7 Å². The highest BCUT2D eigenvalue weighted by atomic mass is 16.5. The van der Waals surface area contributed by atoms with Gasteiger partial charge in [-0.05, 0) is 42.5 Å². The van der Waals surface area contributed by atoms with Gasteiger partial charge in [0.15, 0.2) is 5.65 Å². The number of aromatic nitrogens is 3. The minimum atomic E-state index is -0.604. The lowest BCUT2D eigenvalue weighted by molar-refractivity contribution is -0.116. The Labute approximate surface area is 172 Å². The van der Waals surface area contributed by atoms with Crippen molar-refractivity contribution in [2.24, 2.45) is 5.73 Å². The maximum Gasteiger partial charge on any atom is 0.254 e. The zero-order valence-corrected chi connectivity index (χ0v) is 16.0. The SMILES string of the molecule is C=CC(=O)NCc1cnc2c(C(N)=O)c(-c3ccc(Oc4ccccc4)cc3)[nH]n12. The predicted octanol–water partition coefficient (Wildman–Crippen LogP) is 3.02. The molecule has 2 heterocycles. The molecule has 2 aromatic heterocycles. The minimum absolute atomic E-state index is 0.216. The van der Waals surface area contributed by atoms with Crippen LogP contribution in [0.15, 0.2) is 73.4 Å². The number of hydrogen-bond donors (Lipinski definition) is 3. The first-order valence-corrected chi connectivity index (χ1v) is 9.18. The lowest BCUT2D eigenvalue weighted by Gasteiger charge is -2.07. The topological polar surface area (TPSA) is 115 Å². The Morgan fingerprint density at radius 1 is 1.13 bits per heavy atom. The number of imidazole rings is 1. The second-order valence-electron chi connectivity index (χ2n) is 6.50. The van der Waals surface area contributed by atoms with Crippen LogP contribution in [0, 0.1) is 0 Å². The van der Waals surface area contributed by atoms with E-state index in [9.17, 15) is 9.59 Å². The summed E-state index contributed by atoms with van der Waals surface area (Å²) in [6.07, 6.45) is 2.76. The van der Waals surface area contributed by atoms with E-state index in [-0.39, 0.29) is 18.0 Å². The molecule has 0 saturated heterocycles. The Morgan fingerprint density at radius 3 is 2.50 bits per heavy atom. The van der Waals surface area contributed by atoms with Crippen LogP contribution in [0.4, 0.5) is 0 Å². The maximum atomic E-state index is 12.1. The zero-order chi connectivity index (χ0) is 21.1. The summed E-state index contributed by atoms with van der Waals surface area (Å²) >= 11 is 0. The van der Waals surface area contributed by atoms with Crippen LogP contribution in [0.2, 0.25) is 0 Å². The fraction of sp³-hybridized carbons (Fsp3) is 0.0455. The third kappa shape index (κ3) is 3.66. The van der Waals surface area contributed by atoms with Gasteiger partial charge in [0, 0.05) is 5.56 Å². The number of nitrogens with zero attached hydrogens (tertiary/aromatic N) is 2. The Bertz CT molecular complexity index is 1220. The minimum Gasteiger partial charge on any atom is -0.457 e. The van der Waals surface area contributed by atoms with Crippen LogP contribution in [-0.2, 0) is 11.3 Å². The molecule has 0 aliphatic rings. The van der Waals surface area contributed by atoms with Gasteiger partial charge in [0.1, 0.15) is 17.1 Å². The van der Waals surface area contributed by atoms with Crippen molar-refractivity contribution < 1.29 is 14.3 Å². The fourth-order valence-corrected chi connectivity index (χ4v) is 3.10. The molecule has 2 amide bonds. The van der Waals surface area contributed by atoms with E-state index in [2.05, 4.69) is 22.0 Å². The third-order valence-electron chi connectivity index (χ3n) is 4.53. The standard InChI is InChI=1S/C22H19N5O3/c1-2-18(28)24-12-15-13-25-22-19(21(23)29)20(26-27(15)22)14-8-10-17(11-9-14)30-16-6-4-3-5-7-16/h2-11,13,26H,1,12H2,(H2,23,29)(H,24,28). The highest BCUT2D eigenvalue weighted by Crippen LogP contribution is 2.29. The van der Waals surface area contributed by atoms with Crippen LogP contribution < -0.4 is 15.8 Å². The zero-order valence-electron chi connectivity index (χ0n) is 16.0. The molecule has 8 heteroatoms. The number of carbonyl (C=O) groups excluding carboxylic acids is 2. The van der Waals surface area contributed by atoms with Crippen LogP contribution in [0.25, 0.3) is 16.9 Å². The molecule has 8 nitrogen and oxygen atoms in total. The van der Waals surface area contributed by atoms with Crippen molar-refractivity contribution in [1.82, 2.24) is 19.9 Å². The van der Waals surface area contributed by atoms with Gasteiger partial charge < -0.3 is 15.8 Å². The van der Waals surface area contributed by atoms with E-state index in [1.165, 1.54) is 6.08 Å². The molecule has 30 heavy (non-hydrogen) atoms. The van der Waals surface area contributed by atoms with Gasteiger partial charge in [0.05, 0.1) is 24.1 Å². The number of amides is 2. The van der Waals surface area contributed by atoms with Gasteiger partial charge in [-0.25, -0.2) is 9.50 Å². The number of fused-ring (bicyclic) bond motifs is 1. The van der Waals surface area contributed by atoms with Crippen molar-refractivity contribution in [2.45, 2.75) is 6.54 Å². The predicted molar refractivity (Wildman–Crippen MR) is 112 cm³/mol. The first kappa shape index (κ1) is 19.0. The molecular weight excluding hydrogens is 382 g/mol. The molecule has 0 bridgehead atoms. The molecule has 4 N–H and O–H groups in total. The Kier molecular flexibility index (Phi) is 5.04. The number of rotatable bonds is 7. The number of nitrogens with one attached hydrogen (secondary N) is 2. The molecule has 2 aromatic carbocycles. The largest absolute Gasteiger partial charge is 0.457 e. The normalized spacial score (nSPS) is 10.7. The smallest absolute Gasteiger partial charge is 0.254 e. The first-order valence-electron chi connectivity index (χ1n) is 9.18. The molecule has 0 radical (unpaired) electrons. The summed E-state index contributed by atoms with van der Waals surface area (Å²) in [6.45, 7) is 3.64. The van der Waals surface area contributed by atoms with Crippen LogP contribution >= 0.6 is 0 Å². The number of para-hydroxylation sites is 1. The molecule has 0 spiro atoms. The van der Waals surface area contributed by atoms with E-state index in [1.807, 2.05) is 54.6 Å². The van der Waals surface area contributed by atoms with Crippen molar-refractivity contribution in [3.63, 3.8) is 0 Å². The van der Waals surface area contributed by atoms with Gasteiger partial charge in [0.25, 0.3) is 5.91 Å². The van der Waals surface area contributed by atoms with E-state index in [0.29, 0.717) is 22.8 Å². The van der Waals surface area contributed by atoms with Gasteiger partial charge in [-0.1, -0.05) is 24.8 Å². The van der Waals surface area contributed by atoms with E-state index in [0.717, 1.165) is 11.3 Å². The summed E-state index contributed by atoms with van der Waals surface area (Å²) in [5.41, 5.74) is 8.24. The Hall–Kier alpha value is -4.33. The van der Waals surface area contributed by atoms with Crippen LogP contribution in [0.5, 0.6) is 11.5 Å². The average molecular weight is 401 g/mol. The van der Waals surface area contributed by atoms with Crippen molar-refractivity contribution >= 4 is 17.5 Å². The van der Waals surface area contributed by atoms with Crippen molar-refractivity contribution in [1.29, 1.82) is 0 Å². The first-order chi connectivity index (χ1) is 14.6. The number of primary amides is 1. The van der Waals surface area contributed by atoms with Crippen molar-refractivity contribution in [2.75, 3.05) is 0 Å². The second kappa shape index (κ2) is 7.96. The third-order valence-corrected chi connectivity index (χ3v) is 4.53. The molecule has 4 rings (SSSR count). The van der Waals surface area contributed by atoms with E-state index < -0.39 is 5.91 Å². The molecule has 0 saturated carbocycles. The quantitative estimate of drug-likeness (QED) is 0.413. The summed E-state index contributed by atoms with van der Waals surface area (Å²) in [4.78, 5) is 27.9. The summed E-state index contributed by atoms with van der Waals surface area (Å²) in [7, 11) is 0. The van der Waals surface area contributed by atoms with Gasteiger partial charge >= 0.3 is 0 Å². The van der Waals surface area contributed by atoms with Gasteiger partial charge in [-0.2, -0.15) is 0 Å². The molecule has 0 atom stereocenters. The number of carbonyl (C=O) groups is 2.